The van der Waals surface area contributed by atoms with Crippen molar-refractivity contribution in [1.29, 1.82) is 0 Å². The van der Waals surface area contributed by atoms with Crippen LogP contribution in [0.2, 0.25) is 0 Å². The molecule has 1 aliphatic heterocycles. The Morgan fingerprint density at radius 2 is 1.91 bits per heavy atom. The first-order valence-corrected chi connectivity index (χ1v) is 11.5. The number of nitrogens with zero attached hydrogens (tertiary/aromatic N) is 6. The van der Waals surface area contributed by atoms with Crippen LogP contribution in [-0.2, 0) is 17.2 Å². The molecule has 9 nitrogen and oxygen atoms in total. The first-order valence-electron chi connectivity index (χ1n) is 10.7. The second-order valence-corrected chi connectivity index (χ2v) is 11.1. The molecule has 1 fully saturated rings. The Balaban J connectivity index is 1.56. The molecule has 4 heterocycles. The molecule has 0 radical (unpaired) electrons. The van der Waals surface area contributed by atoms with Gasteiger partial charge in [0.05, 0.1) is 16.4 Å². The van der Waals surface area contributed by atoms with Crippen molar-refractivity contribution in [1.82, 2.24) is 29.4 Å². The predicted molar refractivity (Wildman–Crippen MR) is 123 cm³/mol. The van der Waals surface area contributed by atoms with Gasteiger partial charge in [-0.25, -0.2) is 19.7 Å². The summed E-state index contributed by atoms with van der Waals surface area (Å²) in [5, 5.41) is 1.05. The fourth-order valence-corrected chi connectivity index (χ4v) is 4.48. The van der Waals surface area contributed by atoms with E-state index in [-0.39, 0.29) is 17.6 Å². The minimum absolute atomic E-state index is 0.0237. The number of carbonyl (C=O) groups is 1. The van der Waals surface area contributed by atoms with E-state index in [1.165, 1.54) is 6.33 Å². The van der Waals surface area contributed by atoms with Crippen LogP contribution < -0.4 is 4.74 Å². The molecule has 0 aromatic carbocycles. The highest BCUT2D eigenvalue weighted by Gasteiger charge is 2.32. The smallest absolute Gasteiger partial charge is 0.410 e. The van der Waals surface area contributed by atoms with Crippen LogP contribution >= 0.6 is 11.3 Å². The van der Waals surface area contributed by atoms with E-state index in [0.29, 0.717) is 36.6 Å². The molecule has 1 aliphatic rings. The van der Waals surface area contributed by atoms with Crippen LogP contribution in [0.15, 0.2) is 12.5 Å². The molecule has 1 amide bonds. The van der Waals surface area contributed by atoms with E-state index in [1.807, 2.05) is 38.6 Å². The normalized spacial score (nSPS) is 17.2. The number of hydrogen-bond acceptors (Lipinski definition) is 8. The maximum Gasteiger partial charge on any atom is 0.410 e. The topological polar surface area (TPSA) is 95.3 Å². The quantitative estimate of drug-likeness (QED) is 0.581. The van der Waals surface area contributed by atoms with Gasteiger partial charge in [-0.05, 0) is 20.8 Å². The number of amides is 1. The summed E-state index contributed by atoms with van der Waals surface area (Å²) < 4.78 is 13.6. The van der Waals surface area contributed by atoms with Gasteiger partial charge >= 0.3 is 6.09 Å². The van der Waals surface area contributed by atoms with E-state index >= 15 is 0 Å². The van der Waals surface area contributed by atoms with Crippen LogP contribution in [0.5, 0.6) is 5.88 Å². The standard InChI is InChI=1S/C22H30N6O3S/c1-21(2,3)19-23-10-14(32-19)16-26-15-17(27(16)7)24-12-25-18(15)30-13-8-9-28(11-13)20(29)31-22(4,5)6/h10,12-13H,8-9,11H2,1-7H3/t13-/m0/s1. The highest BCUT2D eigenvalue weighted by Crippen LogP contribution is 2.34. The molecule has 1 saturated heterocycles. The molecular weight excluding hydrogens is 428 g/mol. The van der Waals surface area contributed by atoms with Gasteiger partial charge < -0.3 is 18.9 Å². The molecule has 1 atom stereocenters. The summed E-state index contributed by atoms with van der Waals surface area (Å²) in [4.78, 5) is 33.1. The van der Waals surface area contributed by atoms with Gasteiger partial charge in [-0.1, -0.05) is 20.8 Å². The molecule has 3 aromatic rings. The van der Waals surface area contributed by atoms with Crippen molar-refractivity contribution in [3.8, 4) is 16.6 Å². The van der Waals surface area contributed by atoms with Crippen LogP contribution in [0.25, 0.3) is 21.9 Å². The van der Waals surface area contributed by atoms with E-state index in [9.17, 15) is 4.79 Å². The number of thiazole rings is 1. The summed E-state index contributed by atoms with van der Waals surface area (Å²) in [5.41, 5.74) is 0.747. The molecule has 0 bridgehead atoms. The van der Waals surface area contributed by atoms with E-state index in [4.69, 9.17) is 14.5 Å². The van der Waals surface area contributed by atoms with Crippen molar-refractivity contribution in [2.24, 2.45) is 7.05 Å². The minimum Gasteiger partial charge on any atom is -0.471 e. The molecule has 4 rings (SSSR count). The fourth-order valence-electron chi connectivity index (χ4n) is 3.48. The first kappa shape index (κ1) is 22.4. The predicted octanol–water partition coefficient (Wildman–Crippen LogP) is 4.17. The Morgan fingerprint density at radius 3 is 2.56 bits per heavy atom. The van der Waals surface area contributed by atoms with Crippen molar-refractivity contribution in [3.63, 3.8) is 0 Å². The van der Waals surface area contributed by atoms with Crippen molar-refractivity contribution in [2.45, 2.75) is 65.1 Å². The number of rotatable bonds is 3. The van der Waals surface area contributed by atoms with Crippen LogP contribution in [0.3, 0.4) is 0 Å². The Morgan fingerprint density at radius 1 is 1.16 bits per heavy atom. The summed E-state index contributed by atoms with van der Waals surface area (Å²) >= 11 is 1.63. The van der Waals surface area contributed by atoms with Gasteiger partial charge in [0.2, 0.25) is 5.88 Å². The lowest BCUT2D eigenvalue weighted by Crippen LogP contribution is -2.36. The number of carbonyl (C=O) groups excluding carboxylic acids is 1. The summed E-state index contributed by atoms with van der Waals surface area (Å²) in [5.74, 6) is 1.20. The van der Waals surface area contributed by atoms with Gasteiger partial charge in [0, 0.05) is 31.6 Å². The van der Waals surface area contributed by atoms with Gasteiger partial charge in [0.15, 0.2) is 17.0 Å². The Bertz CT molecular complexity index is 1140. The zero-order chi connectivity index (χ0) is 23.3. The minimum atomic E-state index is -0.525. The number of aryl methyl sites for hydroxylation is 1. The molecule has 3 aromatic heterocycles. The number of likely N-dealkylation sites (tertiary alicyclic amines) is 1. The molecule has 0 saturated carbocycles. The third kappa shape index (κ3) is 4.55. The van der Waals surface area contributed by atoms with Crippen molar-refractivity contribution >= 4 is 28.6 Å². The largest absolute Gasteiger partial charge is 0.471 e. The number of fused-ring (bicyclic) bond motifs is 1. The lowest BCUT2D eigenvalue weighted by molar-refractivity contribution is 0.0275. The average molecular weight is 459 g/mol. The molecular formula is C22H30N6O3S. The molecule has 172 valence electrons. The second kappa shape index (κ2) is 7.99. The third-order valence-corrected chi connectivity index (χ3v) is 6.48. The zero-order valence-electron chi connectivity index (χ0n) is 19.7. The van der Waals surface area contributed by atoms with Crippen LogP contribution in [-0.4, -0.2) is 60.3 Å². The Hall–Kier alpha value is -2.75. The Labute approximate surface area is 191 Å². The van der Waals surface area contributed by atoms with Gasteiger partial charge in [-0.15, -0.1) is 11.3 Å². The number of ether oxygens (including phenoxy) is 2. The molecule has 10 heteroatoms. The number of hydrogen-bond donors (Lipinski definition) is 0. The fraction of sp³-hybridized carbons (Fsp3) is 0.591. The summed E-state index contributed by atoms with van der Waals surface area (Å²) in [6.45, 7) is 13.0. The van der Waals surface area contributed by atoms with E-state index in [2.05, 4.69) is 35.7 Å². The molecule has 0 spiro atoms. The van der Waals surface area contributed by atoms with Gasteiger partial charge in [-0.3, -0.25) is 0 Å². The lowest BCUT2D eigenvalue weighted by Gasteiger charge is -2.24. The average Bonchev–Trinajstić information content (AvgIpc) is 3.39. The maximum atomic E-state index is 12.4. The first-order chi connectivity index (χ1) is 14.9. The molecule has 0 N–H and O–H groups in total. The highest BCUT2D eigenvalue weighted by molar-refractivity contribution is 7.15. The third-order valence-electron chi connectivity index (χ3n) is 5.07. The Kier molecular flexibility index (Phi) is 5.60. The monoisotopic (exact) mass is 458 g/mol. The summed E-state index contributed by atoms with van der Waals surface area (Å²) in [7, 11) is 1.93. The van der Waals surface area contributed by atoms with Crippen LogP contribution in [0.4, 0.5) is 4.79 Å². The van der Waals surface area contributed by atoms with E-state index < -0.39 is 5.60 Å². The molecule has 0 aliphatic carbocycles. The maximum absolute atomic E-state index is 12.4. The highest BCUT2D eigenvalue weighted by atomic mass is 32.1. The van der Waals surface area contributed by atoms with Gasteiger partial charge in [-0.2, -0.15) is 4.98 Å². The zero-order valence-corrected chi connectivity index (χ0v) is 20.5. The summed E-state index contributed by atoms with van der Waals surface area (Å²) in [6.07, 6.45) is 3.54. The SMILES string of the molecule is Cn1c(-c2cnc(C(C)(C)C)s2)nc2c(O[C@H]3CCN(C(=O)OC(C)(C)C)C3)ncnc21. The van der Waals surface area contributed by atoms with Crippen molar-refractivity contribution in [3.05, 3.63) is 17.5 Å². The van der Waals surface area contributed by atoms with E-state index in [0.717, 1.165) is 15.7 Å². The summed E-state index contributed by atoms with van der Waals surface area (Å²) in [6, 6.07) is 0. The van der Waals surface area contributed by atoms with E-state index in [1.54, 1.807) is 16.2 Å². The van der Waals surface area contributed by atoms with Crippen LogP contribution in [0.1, 0.15) is 53.0 Å². The van der Waals surface area contributed by atoms with Crippen molar-refractivity contribution < 1.29 is 14.3 Å². The lowest BCUT2D eigenvalue weighted by atomic mass is 9.98. The molecule has 0 unspecified atom stereocenters. The molecule has 32 heavy (non-hydrogen) atoms. The van der Waals surface area contributed by atoms with Gasteiger partial charge in [0.25, 0.3) is 0 Å². The number of imidazole rings is 1. The second-order valence-electron chi connectivity index (χ2n) is 10.1. The van der Waals surface area contributed by atoms with Crippen LogP contribution in [0, 0.1) is 0 Å². The van der Waals surface area contributed by atoms with Crippen molar-refractivity contribution in [2.75, 3.05) is 13.1 Å². The number of aromatic nitrogens is 5. The van der Waals surface area contributed by atoms with Gasteiger partial charge in [0.1, 0.15) is 18.0 Å².